The number of nitrogens with one attached hydrogen (secondary N) is 1. The highest BCUT2D eigenvalue weighted by Gasteiger charge is 2.27. The minimum atomic E-state index is -3.84. The lowest BCUT2D eigenvalue weighted by Crippen LogP contribution is -2.45. The van der Waals surface area contributed by atoms with Crippen molar-refractivity contribution < 1.29 is 18.3 Å². The number of thiophene rings is 1. The van der Waals surface area contributed by atoms with Gasteiger partial charge in [0.2, 0.25) is 10.0 Å². The molecule has 0 fully saturated rings. The summed E-state index contributed by atoms with van der Waals surface area (Å²) in [4.78, 5) is 13.2. The molecular formula is C18H22N2O4S2. The monoisotopic (exact) mass is 394 g/mol. The summed E-state index contributed by atoms with van der Waals surface area (Å²) >= 11 is 0.916. The van der Waals surface area contributed by atoms with Crippen LogP contribution in [0.15, 0.2) is 40.6 Å². The molecule has 0 saturated carbocycles. The highest BCUT2D eigenvalue weighted by Crippen LogP contribution is 2.23. The lowest BCUT2D eigenvalue weighted by Gasteiger charge is -2.35. The molecule has 0 spiro atoms. The number of fused-ring (bicyclic) bond motifs is 1. The Morgan fingerprint density at radius 1 is 1.31 bits per heavy atom. The van der Waals surface area contributed by atoms with E-state index in [-0.39, 0.29) is 22.4 Å². The maximum Gasteiger partial charge on any atom is 0.347 e. The van der Waals surface area contributed by atoms with Crippen LogP contribution in [-0.4, -0.2) is 43.5 Å². The van der Waals surface area contributed by atoms with E-state index in [0.29, 0.717) is 0 Å². The first-order chi connectivity index (χ1) is 12.4. The van der Waals surface area contributed by atoms with Gasteiger partial charge < -0.3 is 5.11 Å². The Morgan fingerprint density at radius 2 is 2.04 bits per heavy atom. The van der Waals surface area contributed by atoms with E-state index in [1.54, 1.807) is 0 Å². The van der Waals surface area contributed by atoms with Gasteiger partial charge in [0.15, 0.2) is 0 Å². The third-order valence-electron chi connectivity index (χ3n) is 4.77. The van der Waals surface area contributed by atoms with Crippen molar-refractivity contribution in [1.29, 1.82) is 0 Å². The second kappa shape index (κ2) is 7.87. The van der Waals surface area contributed by atoms with Gasteiger partial charge >= 0.3 is 5.97 Å². The van der Waals surface area contributed by atoms with Crippen molar-refractivity contribution in [2.45, 2.75) is 37.2 Å². The SMILES string of the molecule is CCC(CNS(=O)(=O)c1ccsc1C(=O)O)N1CCc2ccccc2C1. The molecule has 1 aromatic carbocycles. The molecule has 1 atom stereocenters. The fourth-order valence-corrected chi connectivity index (χ4v) is 5.64. The van der Waals surface area contributed by atoms with E-state index in [0.717, 1.165) is 37.3 Å². The van der Waals surface area contributed by atoms with Crippen molar-refractivity contribution in [3.8, 4) is 0 Å². The number of hydrogen-bond donors (Lipinski definition) is 2. The number of aromatic carboxylic acids is 1. The van der Waals surface area contributed by atoms with E-state index in [1.807, 2.05) is 19.1 Å². The van der Waals surface area contributed by atoms with Crippen LogP contribution in [0.5, 0.6) is 0 Å². The molecule has 0 bridgehead atoms. The van der Waals surface area contributed by atoms with E-state index in [2.05, 4.69) is 21.8 Å². The minimum Gasteiger partial charge on any atom is -0.477 e. The van der Waals surface area contributed by atoms with Crippen LogP contribution in [0, 0.1) is 0 Å². The van der Waals surface area contributed by atoms with Crippen LogP contribution < -0.4 is 4.72 Å². The van der Waals surface area contributed by atoms with Crippen LogP contribution in [-0.2, 0) is 23.0 Å². The fraction of sp³-hybridized carbons (Fsp3) is 0.389. The number of benzene rings is 1. The Balaban J connectivity index is 1.69. The Hall–Kier alpha value is -1.74. The van der Waals surface area contributed by atoms with E-state index in [1.165, 1.54) is 22.6 Å². The number of carboxylic acid groups (broad SMARTS) is 1. The molecule has 3 rings (SSSR count). The van der Waals surface area contributed by atoms with E-state index in [4.69, 9.17) is 5.11 Å². The predicted octanol–water partition coefficient (Wildman–Crippen LogP) is 2.56. The van der Waals surface area contributed by atoms with Gasteiger partial charge in [0.1, 0.15) is 9.77 Å². The van der Waals surface area contributed by atoms with Gasteiger partial charge in [0, 0.05) is 25.7 Å². The Morgan fingerprint density at radius 3 is 2.73 bits per heavy atom. The molecule has 2 heterocycles. The summed E-state index contributed by atoms with van der Waals surface area (Å²) < 4.78 is 27.7. The Labute approximate surface area is 157 Å². The van der Waals surface area contributed by atoms with Crippen molar-refractivity contribution in [3.05, 3.63) is 51.7 Å². The van der Waals surface area contributed by atoms with Gasteiger partial charge in [-0.25, -0.2) is 17.9 Å². The summed E-state index contributed by atoms with van der Waals surface area (Å²) in [5.74, 6) is -1.22. The molecular weight excluding hydrogens is 372 g/mol. The molecule has 0 amide bonds. The molecule has 0 aliphatic carbocycles. The highest BCUT2D eigenvalue weighted by molar-refractivity contribution is 7.89. The van der Waals surface area contributed by atoms with Crippen LogP contribution in [0.4, 0.5) is 0 Å². The summed E-state index contributed by atoms with van der Waals surface area (Å²) in [5.41, 5.74) is 2.63. The van der Waals surface area contributed by atoms with E-state index in [9.17, 15) is 13.2 Å². The van der Waals surface area contributed by atoms with Crippen LogP contribution in [0.1, 0.15) is 34.1 Å². The van der Waals surface area contributed by atoms with E-state index < -0.39 is 16.0 Å². The molecule has 1 unspecified atom stereocenters. The second-order valence-electron chi connectivity index (χ2n) is 6.32. The van der Waals surface area contributed by atoms with Crippen LogP contribution in [0.3, 0.4) is 0 Å². The van der Waals surface area contributed by atoms with Gasteiger partial charge in [-0.15, -0.1) is 11.3 Å². The summed E-state index contributed by atoms with van der Waals surface area (Å²) in [6.07, 6.45) is 1.76. The number of carbonyl (C=O) groups is 1. The summed E-state index contributed by atoms with van der Waals surface area (Å²) in [7, 11) is -3.84. The van der Waals surface area contributed by atoms with Crippen LogP contribution >= 0.6 is 11.3 Å². The first-order valence-electron chi connectivity index (χ1n) is 8.53. The van der Waals surface area contributed by atoms with Crippen LogP contribution in [0.2, 0.25) is 0 Å². The predicted molar refractivity (Wildman–Crippen MR) is 101 cm³/mol. The molecule has 2 N–H and O–H groups in total. The summed E-state index contributed by atoms with van der Waals surface area (Å²) in [6, 6.07) is 9.72. The van der Waals surface area contributed by atoms with Crippen molar-refractivity contribution in [2.24, 2.45) is 0 Å². The third-order valence-corrected chi connectivity index (χ3v) is 7.27. The zero-order valence-electron chi connectivity index (χ0n) is 14.5. The normalized spacial score (nSPS) is 16.2. The van der Waals surface area contributed by atoms with Gasteiger partial charge in [-0.1, -0.05) is 31.2 Å². The molecule has 1 aliphatic rings. The molecule has 6 nitrogen and oxygen atoms in total. The first kappa shape index (κ1) is 19.0. The van der Waals surface area contributed by atoms with Crippen molar-refractivity contribution in [2.75, 3.05) is 13.1 Å². The number of rotatable bonds is 7. The molecule has 1 aromatic heterocycles. The molecule has 26 heavy (non-hydrogen) atoms. The number of nitrogens with zero attached hydrogens (tertiary/aromatic N) is 1. The standard InChI is InChI=1S/C18H22N2O4S2/c1-2-15(20-9-7-13-5-3-4-6-14(13)12-20)11-19-26(23,24)16-8-10-25-17(16)18(21)22/h3-6,8,10,15,19H,2,7,9,11-12H2,1H3,(H,21,22). The number of hydrogen-bond acceptors (Lipinski definition) is 5. The Bertz CT molecular complexity index is 892. The largest absolute Gasteiger partial charge is 0.477 e. The van der Waals surface area contributed by atoms with Crippen molar-refractivity contribution in [3.63, 3.8) is 0 Å². The van der Waals surface area contributed by atoms with E-state index >= 15 is 0 Å². The van der Waals surface area contributed by atoms with Gasteiger partial charge in [-0.3, -0.25) is 4.90 Å². The van der Waals surface area contributed by atoms with Crippen LogP contribution in [0.25, 0.3) is 0 Å². The molecule has 1 aliphatic heterocycles. The number of sulfonamides is 1. The summed E-state index contributed by atoms with van der Waals surface area (Å²) in [6.45, 7) is 3.98. The summed E-state index contributed by atoms with van der Waals surface area (Å²) in [5, 5.41) is 10.6. The second-order valence-corrected chi connectivity index (χ2v) is 8.97. The molecule has 0 radical (unpaired) electrons. The van der Waals surface area contributed by atoms with Gasteiger partial charge in [-0.2, -0.15) is 0 Å². The van der Waals surface area contributed by atoms with Gasteiger partial charge in [0.05, 0.1) is 0 Å². The molecule has 2 aromatic rings. The quantitative estimate of drug-likeness (QED) is 0.754. The number of carboxylic acids is 1. The highest BCUT2D eigenvalue weighted by atomic mass is 32.2. The maximum absolute atomic E-state index is 12.5. The smallest absolute Gasteiger partial charge is 0.347 e. The lowest BCUT2D eigenvalue weighted by atomic mass is 9.98. The topological polar surface area (TPSA) is 86.7 Å². The zero-order chi connectivity index (χ0) is 18.7. The minimum absolute atomic E-state index is 0.0602. The van der Waals surface area contributed by atoms with Gasteiger partial charge in [0.25, 0.3) is 0 Å². The third kappa shape index (κ3) is 3.98. The Kier molecular flexibility index (Phi) is 5.76. The molecule has 140 valence electrons. The molecule has 0 saturated heterocycles. The molecule has 8 heteroatoms. The first-order valence-corrected chi connectivity index (χ1v) is 10.9. The maximum atomic E-state index is 12.5. The zero-order valence-corrected chi connectivity index (χ0v) is 16.1. The average molecular weight is 395 g/mol. The average Bonchev–Trinajstić information content (AvgIpc) is 3.13. The van der Waals surface area contributed by atoms with Crippen molar-refractivity contribution >= 4 is 27.3 Å². The fourth-order valence-electron chi connectivity index (χ4n) is 3.31. The van der Waals surface area contributed by atoms with Crippen molar-refractivity contribution in [1.82, 2.24) is 9.62 Å². The lowest BCUT2D eigenvalue weighted by molar-refractivity contribution is 0.0698. The van der Waals surface area contributed by atoms with Gasteiger partial charge in [-0.05, 0) is 35.4 Å².